The number of carboxylic acid groups (broad SMARTS) is 1. The summed E-state index contributed by atoms with van der Waals surface area (Å²) < 4.78 is 10.0. The van der Waals surface area contributed by atoms with Gasteiger partial charge in [0.15, 0.2) is 11.5 Å². The zero-order valence-electron chi connectivity index (χ0n) is 6.64. The molecule has 1 aliphatic rings. The van der Waals surface area contributed by atoms with E-state index in [1.165, 1.54) is 6.07 Å². The highest BCUT2D eigenvalue weighted by Crippen LogP contribution is 2.34. The number of phenolic OH excluding ortho intramolecular Hbond substituents is 1. The van der Waals surface area contributed by atoms with Crippen molar-refractivity contribution in [3.63, 3.8) is 0 Å². The van der Waals surface area contributed by atoms with Crippen LogP contribution < -0.4 is 9.47 Å². The monoisotopic (exact) mass is 184 g/mol. The molecule has 0 radical (unpaired) electrons. The van der Waals surface area contributed by atoms with Crippen molar-refractivity contribution in [2.45, 2.75) is 0 Å². The second kappa shape index (κ2) is 4.20. The Morgan fingerprint density at radius 3 is 2.62 bits per heavy atom. The fourth-order valence-electron chi connectivity index (χ4n) is 0.885. The third kappa shape index (κ3) is 2.26. The van der Waals surface area contributed by atoms with E-state index in [1.54, 1.807) is 12.1 Å². The van der Waals surface area contributed by atoms with Crippen molar-refractivity contribution >= 4 is 6.47 Å². The molecule has 1 aromatic rings. The van der Waals surface area contributed by atoms with Crippen LogP contribution in [0.15, 0.2) is 18.2 Å². The molecule has 70 valence electrons. The Morgan fingerprint density at radius 2 is 1.92 bits per heavy atom. The Balaban J connectivity index is 0.000000251. The van der Waals surface area contributed by atoms with Gasteiger partial charge in [0, 0.05) is 6.07 Å². The van der Waals surface area contributed by atoms with Crippen LogP contribution in [0, 0.1) is 0 Å². The molecule has 0 atom stereocenters. The summed E-state index contributed by atoms with van der Waals surface area (Å²) in [6, 6.07) is 4.77. The average molecular weight is 184 g/mol. The molecular formula is C8H8O5. The molecule has 0 aliphatic carbocycles. The van der Waals surface area contributed by atoms with Gasteiger partial charge in [0.05, 0.1) is 0 Å². The first-order valence-corrected chi connectivity index (χ1v) is 3.44. The minimum Gasteiger partial charge on any atom is -0.508 e. The lowest BCUT2D eigenvalue weighted by molar-refractivity contribution is -0.122. The van der Waals surface area contributed by atoms with Crippen LogP contribution in [0.25, 0.3) is 0 Å². The van der Waals surface area contributed by atoms with Gasteiger partial charge < -0.3 is 19.7 Å². The summed E-state index contributed by atoms with van der Waals surface area (Å²) in [7, 11) is 0. The summed E-state index contributed by atoms with van der Waals surface area (Å²) in [5.41, 5.74) is 0. The van der Waals surface area contributed by atoms with Gasteiger partial charge in [0.2, 0.25) is 6.79 Å². The summed E-state index contributed by atoms with van der Waals surface area (Å²) in [5.74, 6) is 1.50. The minimum atomic E-state index is -0.250. The van der Waals surface area contributed by atoms with Gasteiger partial charge in [0.1, 0.15) is 5.75 Å². The smallest absolute Gasteiger partial charge is 0.290 e. The first kappa shape index (κ1) is 9.18. The van der Waals surface area contributed by atoms with E-state index >= 15 is 0 Å². The Bertz CT molecular complexity index is 297. The molecule has 0 unspecified atom stereocenters. The number of benzene rings is 1. The number of aromatic hydroxyl groups is 1. The van der Waals surface area contributed by atoms with E-state index < -0.39 is 0 Å². The van der Waals surface area contributed by atoms with Crippen molar-refractivity contribution in [3.8, 4) is 17.2 Å². The molecule has 0 saturated heterocycles. The average Bonchev–Trinajstić information content (AvgIpc) is 2.52. The molecule has 0 amide bonds. The molecule has 0 aromatic heterocycles. The van der Waals surface area contributed by atoms with Crippen molar-refractivity contribution in [2.24, 2.45) is 0 Å². The highest BCUT2D eigenvalue weighted by atomic mass is 16.7. The number of carbonyl (C=O) groups is 1. The summed E-state index contributed by atoms with van der Waals surface area (Å²) in [6.07, 6.45) is 0. The van der Waals surface area contributed by atoms with Crippen LogP contribution in [-0.2, 0) is 4.79 Å². The molecule has 2 rings (SSSR count). The van der Waals surface area contributed by atoms with Crippen molar-refractivity contribution < 1.29 is 24.5 Å². The zero-order chi connectivity index (χ0) is 9.68. The molecule has 0 spiro atoms. The van der Waals surface area contributed by atoms with Gasteiger partial charge in [-0.2, -0.15) is 0 Å². The van der Waals surface area contributed by atoms with Crippen LogP contribution in [0.2, 0.25) is 0 Å². The lowest BCUT2D eigenvalue weighted by Crippen LogP contribution is -1.92. The number of ether oxygens (including phenoxy) is 2. The van der Waals surface area contributed by atoms with Gasteiger partial charge in [-0.05, 0) is 12.1 Å². The molecule has 5 heteroatoms. The Labute approximate surface area is 74.1 Å². The molecule has 0 bridgehead atoms. The van der Waals surface area contributed by atoms with Crippen LogP contribution in [0.1, 0.15) is 0 Å². The number of rotatable bonds is 0. The maximum absolute atomic E-state index is 8.96. The second-order valence-corrected chi connectivity index (χ2v) is 2.14. The van der Waals surface area contributed by atoms with E-state index in [9.17, 15) is 0 Å². The molecule has 1 aromatic carbocycles. The lowest BCUT2D eigenvalue weighted by Gasteiger charge is -1.93. The van der Waals surface area contributed by atoms with E-state index in [1.807, 2.05) is 0 Å². The highest BCUT2D eigenvalue weighted by molar-refractivity contribution is 5.46. The number of fused-ring (bicyclic) bond motifs is 1. The summed E-state index contributed by atoms with van der Waals surface area (Å²) >= 11 is 0. The maximum Gasteiger partial charge on any atom is 0.290 e. The molecule has 13 heavy (non-hydrogen) atoms. The van der Waals surface area contributed by atoms with Crippen molar-refractivity contribution in [1.82, 2.24) is 0 Å². The molecule has 5 nitrogen and oxygen atoms in total. The zero-order valence-corrected chi connectivity index (χ0v) is 6.64. The molecule has 2 N–H and O–H groups in total. The molecule has 0 saturated carbocycles. The van der Waals surface area contributed by atoms with Crippen LogP contribution in [0.3, 0.4) is 0 Å². The van der Waals surface area contributed by atoms with Gasteiger partial charge in [-0.1, -0.05) is 0 Å². The Hall–Kier alpha value is -1.91. The van der Waals surface area contributed by atoms with Gasteiger partial charge in [-0.15, -0.1) is 0 Å². The van der Waals surface area contributed by atoms with E-state index in [2.05, 4.69) is 0 Å². The lowest BCUT2D eigenvalue weighted by atomic mass is 10.3. The third-order valence-corrected chi connectivity index (χ3v) is 1.36. The SMILES string of the molecule is O=CO.Oc1ccc2c(c1)OCO2. The van der Waals surface area contributed by atoms with Crippen molar-refractivity contribution in [1.29, 1.82) is 0 Å². The fourth-order valence-corrected chi connectivity index (χ4v) is 0.885. The van der Waals surface area contributed by atoms with Crippen LogP contribution in [-0.4, -0.2) is 23.5 Å². The second-order valence-electron chi connectivity index (χ2n) is 2.14. The first-order chi connectivity index (χ1) is 6.27. The summed E-state index contributed by atoms with van der Waals surface area (Å²) in [5, 5.41) is 15.8. The van der Waals surface area contributed by atoms with E-state index in [4.69, 9.17) is 24.5 Å². The van der Waals surface area contributed by atoms with E-state index in [-0.39, 0.29) is 19.0 Å². The largest absolute Gasteiger partial charge is 0.508 e. The van der Waals surface area contributed by atoms with Crippen LogP contribution in [0.4, 0.5) is 0 Å². The first-order valence-electron chi connectivity index (χ1n) is 3.44. The predicted molar refractivity (Wildman–Crippen MR) is 42.9 cm³/mol. The molecular weight excluding hydrogens is 176 g/mol. The highest BCUT2D eigenvalue weighted by Gasteiger charge is 2.12. The standard InChI is InChI=1S/C7H6O3.CH2O2/c8-5-1-2-6-7(3-5)10-4-9-6;2-1-3/h1-3,8H,4H2;1H,(H,2,3). The maximum atomic E-state index is 8.96. The molecule has 1 heterocycles. The minimum absolute atomic E-state index is 0.198. The Morgan fingerprint density at radius 1 is 1.31 bits per heavy atom. The number of hydrogen-bond acceptors (Lipinski definition) is 4. The van der Waals surface area contributed by atoms with E-state index in [0.717, 1.165) is 0 Å². The van der Waals surface area contributed by atoms with Gasteiger partial charge in [-0.3, -0.25) is 4.79 Å². The van der Waals surface area contributed by atoms with Gasteiger partial charge in [0.25, 0.3) is 6.47 Å². The summed E-state index contributed by atoms with van der Waals surface area (Å²) in [6.45, 7) is -0.00120. The predicted octanol–water partition coefficient (Wildman–Crippen LogP) is 0.822. The van der Waals surface area contributed by atoms with Crippen LogP contribution >= 0.6 is 0 Å². The van der Waals surface area contributed by atoms with Gasteiger partial charge >= 0.3 is 0 Å². The topological polar surface area (TPSA) is 76.0 Å². The fraction of sp³-hybridized carbons (Fsp3) is 0.125. The number of hydrogen-bond donors (Lipinski definition) is 2. The van der Waals surface area contributed by atoms with Crippen molar-refractivity contribution in [2.75, 3.05) is 6.79 Å². The molecule has 0 fully saturated rings. The quantitative estimate of drug-likeness (QED) is 0.584. The van der Waals surface area contributed by atoms with Crippen molar-refractivity contribution in [3.05, 3.63) is 18.2 Å². The normalized spacial score (nSPS) is 11.4. The summed E-state index contributed by atoms with van der Waals surface area (Å²) in [4.78, 5) is 8.36. The Kier molecular flexibility index (Phi) is 2.97. The van der Waals surface area contributed by atoms with Gasteiger partial charge in [-0.25, -0.2) is 0 Å². The number of phenols is 1. The van der Waals surface area contributed by atoms with E-state index in [0.29, 0.717) is 11.5 Å². The third-order valence-electron chi connectivity index (χ3n) is 1.36. The van der Waals surface area contributed by atoms with Crippen LogP contribution in [0.5, 0.6) is 17.2 Å². The molecule has 1 aliphatic heterocycles.